The van der Waals surface area contributed by atoms with Crippen molar-refractivity contribution < 1.29 is 4.79 Å². The largest absolute Gasteiger partial charge is 0.308 e. The maximum absolute atomic E-state index is 12.7. The molecule has 1 heterocycles. The van der Waals surface area contributed by atoms with Gasteiger partial charge in [0.2, 0.25) is 0 Å². The molecule has 0 radical (unpaired) electrons. The van der Waals surface area contributed by atoms with E-state index >= 15 is 0 Å². The van der Waals surface area contributed by atoms with Crippen molar-refractivity contribution >= 4 is 44.0 Å². The second-order valence-electron chi connectivity index (χ2n) is 6.10. The number of halogens is 1. The molecule has 120 valence electrons. The number of amides is 1. The average molecular weight is 373 g/mol. The minimum Gasteiger partial charge on any atom is -0.308 e. The average Bonchev–Trinajstić information content (AvgIpc) is 2.82. The molecule has 1 N–H and O–H groups in total. The van der Waals surface area contributed by atoms with Crippen LogP contribution in [0.4, 0.5) is 5.69 Å². The highest BCUT2D eigenvalue weighted by atomic mass is 79.9. The molecule has 2 aromatic rings. The second kappa shape index (κ2) is 6.83. The van der Waals surface area contributed by atoms with Crippen LogP contribution < -0.4 is 4.90 Å². The van der Waals surface area contributed by atoms with Crippen LogP contribution >= 0.6 is 15.9 Å². The summed E-state index contributed by atoms with van der Waals surface area (Å²) < 4.78 is 1.00. The molecule has 4 heteroatoms. The first-order valence-corrected chi connectivity index (χ1v) is 9.02. The fourth-order valence-corrected chi connectivity index (χ4v) is 3.67. The third kappa shape index (κ3) is 3.05. The number of hydrogen-bond donors (Lipinski definition) is 1. The fraction of sp³-hybridized carbons (Fsp3) is 0.368. The maximum atomic E-state index is 12.7. The molecule has 0 fully saturated rings. The van der Waals surface area contributed by atoms with Crippen molar-refractivity contribution in [3.05, 3.63) is 40.4 Å². The number of anilines is 1. The molecule has 0 aliphatic carbocycles. The summed E-state index contributed by atoms with van der Waals surface area (Å²) >= 11 is 3.56. The van der Waals surface area contributed by atoms with Crippen LogP contribution in [-0.2, 0) is 0 Å². The molecule has 0 bridgehead atoms. The molecule has 0 unspecified atom stereocenters. The first-order chi connectivity index (χ1) is 11.1. The van der Waals surface area contributed by atoms with Crippen LogP contribution in [0.3, 0.4) is 0 Å². The quantitative estimate of drug-likeness (QED) is 0.502. The number of carbonyl (C=O) groups excluding carboxylic acids is 1. The first-order valence-electron chi connectivity index (χ1n) is 8.23. The van der Waals surface area contributed by atoms with E-state index in [1.54, 1.807) is 4.90 Å². The molecular formula is C19H21BrN2O. The lowest BCUT2D eigenvalue weighted by Gasteiger charge is -2.18. The van der Waals surface area contributed by atoms with E-state index in [4.69, 9.17) is 5.41 Å². The summed E-state index contributed by atoms with van der Waals surface area (Å²) in [5.41, 5.74) is 2.32. The monoisotopic (exact) mass is 372 g/mol. The molecular weight excluding hydrogens is 352 g/mol. The van der Waals surface area contributed by atoms with Gasteiger partial charge in [-0.3, -0.25) is 4.79 Å². The van der Waals surface area contributed by atoms with Crippen LogP contribution in [0.5, 0.6) is 0 Å². The van der Waals surface area contributed by atoms with Crippen LogP contribution in [0.1, 0.15) is 49.4 Å². The summed E-state index contributed by atoms with van der Waals surface area (Å²) in [6.45, 7) is 2.58. The molecule has 0 saturated carbocycles. The molecule has 3 rings (SSSR count). The summed E-state index contributed by atoms with van der Waals surface area (Å²) in [5.74, 6) is 0.0157. The van der Waals surface area contributed by atoms with E-state index in [2.05, 4.69) is 22.9 Å². The van der Waals surface area contributed by atoms with Gasteiger partial charge in [0.25, 0.3) is 5.91 Å². The van der Waals surface area contributed by atoms with Crippen molar-refractivity contribution in [1.82, 2.24) is 0 Å². The number of carbonyl (C=O) groups is 1. The number of nitrogens with one attached hydrogen (secondary N) is 1. The first kappa shape index (κ1) is 16.2. The predicted molar refractivity (Wildman–Crippen MR) is 99.8 cm³/mol. The topological polar surface area (TPSA) is 44.2 Å². The van der Waals surface area contributed by atoms with E-state index in [1.165, 1.54) is 12.8 Å². The van der Waals surface area contributed by atoms with Crippen LogP contribution in [0.25, 0.3) is 10.8 Å². The van der Waals surface area contributed by atoms with E-state index in [0.29, 0.717) is 12.3 Å². The van der Waals surface area contributed by atoms with Crippen LogP contribution in [0.15, 0.2) is 34.8 Å². The van der Waals surface area contributed by atoms with Gasteiger partial charge in [-0.05, 0) is 36.4 Å². The molecule has 1 aliphatic heterocycles. The van der Waals surface area contributed by atoms with Crippen molar-refractivity contribution in [2.24, 2.45) is 0 Å². The highest BCUT2D eigenvalue weighted by Gasteiger charge is 2.30. The van der Waals surface area contributed by atoms with E-state index in [-0.39, 0.29) is 5.91 Å². The van der Waals surface area contributed by atoms with Gasteiger partial charge >= 0.3 is 0 Å². The van der Waals surface area contributed by atoms with Crippen molar-refractivity contribution in [1.29, 1.82) is 5.41 Å². The number of hydrogen-bond acceptors (Lipinski definition) is 2. The summed E-state index contributed by atoms with van der Waals surface area (Å²) in [5, 5.41) is 10.3. The van der Waals surface area contributed by atoms with Gasteiger partial charge in [0.1, 0.15) is 0 Å². The molecule has 23 heavy (non-hydrogen) atoms. The zero-order valence-corrected chi connectivity index (χ0v) is 14.9. The summed E-state index contributed by atoms with van der Waals surface area (Å²) in [4.78, 5) is 14.5. The lowest BCUT2D eigenvalue weighted by molar-refractivity contribution is 0.0996. The Labute approximate surface area is 145 Å². The van der Waals surface area contributed by atoms with E-state index in [9.17, 15) is 4.79 Å². The Morgan fingerprint density at radius 2 is 2.00 bits per heavy atom. The smallest absolute Gasteiger partial charge is 0.259 e. The summed E-state index contributed by atoms with van der Waals surface area (Å²) in [6.07, 6.45) is 5.39. The Morgan fingerprint density at radius 3 is 2.78 bits per heavy atom. The standard InChI is InChI=1S/C19H21BrN2O/c1-2-3-4-5-7-13(21)12-22-17-11-10-16(20)14-8-6-9-15(18(14)17)19(22)23/h6,8-11,21H,2-5,7,12H2,1H3. The van der Waals surface area contributed by atoms with Crippen molar-refractivity contribution in [3.8, 4) is 0 Å². The lowest BCUT2D eigenvalue weighted by Crippen LogP contribution is -2.32. The number of nitrogens with zero attached hydrogens (tertiary/aromatic N) is 1. The third-order valence-electron chi connectivity index (χ3n) is 4.41. The molecule has 3 nitrogen and oxygen atoms in total. The van der Waals surface area contributed by atoms with Gasteiger partial charge in [0.05, 0.1) is 12.2 Å². The normalized spacial score (nSPS) is 13.1. The molecule has 0 saturated heterocycles. The van der Waals surface area contributed by atoms with Crippen LogP contribution in [-0.4, -0.2) is 18.2 Å². The number of rotatable bonds is 7. The van der Waals surface area contributed by atoms with Gasteiger partial charge < -0.3 is 10.3 Å². The summed E-state index contributed by atoms with van der Waals surface area (Å²) in [7, 11) is 0. The van der Waals surface area contributed by atoms with E-state index < -0.39 is 0 Å². The fourth-order valence-electron chi connectivity index (χ4n) is 3.20. The highest BCUT2D eigenvalue weighted by molar-refractivity contribution is 9.10. The highest BCUT2D eigenvalue weighted by Crippen LogP contribution is 2.40. The number of benzene rings is 2. The van der Waals surface area contributed by atoms with Gasteiger partial charge in [0.15, 0.2) is 0 Å². The summed E-state index contributed by atoms with van der Waals surface area (Å²) in [6, 6.07) is 9.79. The minimum absolute atomic E-state index is 0.0157. The molecule has 0 spiro atoms. The van der Waals surface area contributed by atoms with Gasteiger partial charge in [-0.1, -0.05) is 54.2 Å². The zero-order valence-electron chi connectivity index (χ0n) is 13.4. The van der Waals surface area contributed by atoms with Gasteiger partial charge in [-0.2, -0.15) is 0 Å². The lowest BCUT2D eigenvalue weighted by atomic mass is 10.1. The zero-order chi connectivity index (χ0) is 16.4. The minimum atomic E-state index is 0.0157. The number of unbranched alkanes of at least 4 members (excludes halogenated alkanes) is 3. The Bertz CT molecular complexity index is 769. The second-order valence-corrected chi connectivity index (χ2v) is 6.95. The molecule has 1 aliphatic rings. The van der Waals surface area contributed by atoms with Gasteiger partial charge in [0, 0.05) is 21.1 Å². The Balaban J connectivity index is 1.80. The molecule has 0 atom stereocenters. The molecule has 0 aromatic heterocycles. The van der Waals surface area contributed by atoms with Crippen molar-refractivity contribution in [2.75, 3.05) is 11.4 Å². The molecule has 1 amide bonds. The molecule has 2 aromatic carbocycles. The van der Waals surface area contributed by atoms with E-state index in [1.807, 2.05) is 30.3 Å². The van der Waals surface area contributed by atoms with Crippen molar-refractivity contribution in [3.63, 3.8) is 0 Å². The SMILES string of the molecule is CCCCCCC(=N)CN1C(=O)c2cccc3c(Br)ccc1c23. The van der Waals surface area contributed by atoms with Gasteiger partial charge in [-0.15, -0.1) is 0 Å². The Hall–Kier alpha value is -1.68. The maximum Gasteiger partial charge on any atom is 0.259 e. The van der Waals surface area contributed by atoms with Crippen LogP contribution in [0, 0.1) is 5.41 Å². The van der Waals surface area contributed by atoms with Gasteiger partial charge in [-0.25, -0.2) is 0 Å². The van der Waals surface area contributed by atoms with E-state index in [0.717, 1.165) is 45.8 Å². The Kier molecular flexibility index (Phi) is 4.81. The predicted octanol–water partition coefficient (Wildman–Crippen LogP) is 5.55. The Morgan fingerprint density at radius 1 is 1.17 bits per heavy atom. The van der Waals surface area contributed by atoms with Crippen LogP contribution in [0.2, 0.25) is 0 Å². The third-order valence-corrected chi connectivity index (χ3v) is 5.10. The van der Waals surface area contributed by atoms with Crippen molar-refractivity contribution in [2.45, 2.75) is 39.0 Å².